The van der Waals surface area contributed by atoms with E-state index in [9.17, 15) is 0 Å². The van der Waals surface area contributed by atoms with Crippen LogP contribution in [0.1, 0.15) is 17.9 Å². The van der Waals surface area contributed by atoms with Gasteiger partial charge in [0.1, 0.15) is 0 Å². The van der Waals surface area contributed by atoms with Gasteiger partial charge in [0.15, 0.2) is 11.7 Å². The molecule has 0 aliphatic rings. The maximum absolute atomic E-state index is 5.85. The van der Waals surface area contributed by atoms with Crippen LogP contribution in [0.5, 0.6) is 0 Å². The van der Waals surface area contributed by atoms with Gasteiger partial charge in [-0.2, -0.15) is 0 Å². The second-order valence-corrected chi connectivity index (χ2v) is 5.73. The van der Waals surface area contributed by atoms with Crippen molar-refractivity contribution in [2.45, 2.75) is 19.8 Å². The number of oxazole rings is 1. The number of ether oxygens (including phenoxy) is 1. The minimum absolute atomic E-state index is 0.741. The molecule has 0 saturated heterocycles. The molecule has 0 saturated carbocycles. The van der Waals surface area contributed by atoms with E-state index in [0.717, 1.165) is 54.2 Å². The van der Waals surface area contributed by atoms with Gasteiger partial charge < -0.3 is 14.5 Å². The predicted molar refractivity (Wildman–Crippen MR) is 87.4 cm³/mol. The van der Waals surface area contributed by atoms with E-state index in [4.69, 9.17) is 9.15 Å². The summed E-state index contributed by atoms with van der Waals surface area (Å²) >= 11 is 3.54. The summed E-state index contributed by atoms with van der Waals surface area (Å²) in [4.78, 5) is 4.36. The van der Waals surface area contributed by atoms with Crippen LogP contribution in [0.2, 0.25) is 0 Å². The highest BCUT2D eigenvalue weighted by Crippen LogP contribution is 2.29. The topological polar surface area (TPSA) is 47.3 Å². The van der Waals surface area contributed by atoms with Crippen LogP contribution in [-0.4, -0.2) is 31.8 Å². The molecule has 2 aromatic rings. The number of benzene rings is 1. The summed E-state index contributed by atoms with van der Waals surface area (Å²) < 4.78 is 11.9. The molecule has 21 heavy (non-hydrogen) atoms. The first-order valence-electron chi connectivity index (χ1n) is 7.12. The molecular formula is C16H21BrN2O2. The number of rotatable bonds is 8. The maximum atomic E-state index is 5.85. The Morgan fingerprint density at radius 2 is 2.19 bits per heavy atom. The summed E-state index contributed by atoms with van der Waals surface area (Å²) in [7, 11) is 1.71. The van der Waals surface area contributed by atoms with E-state index < -0.39 is 0 Å². The van der Waals surface area contributed by atoms with Gasteiger partial charge in [-0.15, -0.1) is 0 Å². The van der Waals surface area contributed by atoms with Crippen LogP contribution >= 0.6 is 15.9 Å². The smallest absolute Gasteiger partial charge is 0.194 e. The molecule has 1 aromatic heterocycles. The number of aryl methyl sites for hydroxylation is 1. The molecule has 1 N–H and O–H groups in total. The van der Waals surface area contributed by atoms with E-state index in [-0.39, 0.29) is 0 Å². The second kappa shape index (κ2) is 8.32. The lowest BCUT2D eigenvalue weighted by molar-refractivity contribution is 0.199. The Labute approximate surface area is 134 Å². The van der Waals surface area contributed by atoms with Gasteiger partial charge in [0.2, 0.25) is 0 Å². The monoisotopic (exact) mass is 352 g/mol. The molecule has 0 aliphatic carbocycles. The lowest BCUT2D eigenvalue weighted by Gasteiger charge is -2.04. The van der Waals surface area contributed by atoms with Crippen LogP contribution in [0.4, 0.5) is 0 Å². The van der Waals surface area contributed by atoms with Gasteiger partial charge in [-0.25, -0.2) is 4.98 Å². The maximum Gasteiger partial charge on any atom is 0.194 e. The Kier molecular flexibility index (Phi) is 6.42. The molecule has 0 amide bonds. The molecule has 5 heteroatoms. The number of nitrogens with one attached hydrogen (secondary N) is 1. The van der Waals surface area contributed by atoms with Crippen LogP contribution in [-0.2, 0) is 11.2 Å². The zero-order valence-corrected chi connectivity index (χ0v) is 14.1. The second-order valence-electron chi connectivity index (χ2n) is 4.88. The van der Waals surface area contributed by atoms with Gasteiger partial charge in [-0.3, -0.25) is 0 Å². The third-order valence-electron chi connectivity index (χ3n) is 3.31. The Balaban J connectivity index is 1.88. The molecule has 114 valence electrons. The van der Waals surface area contributed by atoms with Crippen molar-refractivity contribution >= 4 is 15.9 Å². The molecule has 0 bridgehead atoms. The number of nitrogens with zero attached hydrogens (tertiary/aromatic N) is 1. The van der Waals surface area contributed by atoms with Crippen molar-refractivity contribution in [3.63, 3.8) is 0 Å². The molecule has 0 aliphatic heterocycles. The Bertz CT molecular complexity index is 569. The van der Waals surface area contributed by atoms with Gasteiger partial charge in [0.05, 0.1) is 12.8 Å². The van der Waals surface area contributed by atoms with Crippen LogP contribution in [0.25, 0.3) is 11.3 Å². The highest BCUT2D eigenvalue weighted by Gasteiger charge is 2.10. The molecule has 1 aromatic carbocycles. The zero-order valence-electron chi connectivity index (χ0n) is 12.5. The number of aromatic nitrogens is 1. The molecule has 1 heterocycles. The quantitative estimate of drug-likeness (QED) is 0.737. The fourth-order valence-electron chi connectivity index (χ4n) is 2.09. The average molecular weight is 353 g/mol. The summed E-state index contributed by atoms with van der Waals surface area (Å²) in [5.41, 5.74) is 2.25. The third-order valence-corrected chi connectivity index (χ3v) is 4.17. The number of hydrogen-bond donors (Lipinski definition) is 1. The first-order chi connectivity index (χ1) is 10.2. The van der Waals surface area contributed by atoms with Gasteiger partial charge in [-0.05, 0) is 31.5 Å². The first-order valence-corrected chi connectivity index (χ1v) is 7.91. The molecule has 0 unspecified atom stereocenters. The summed E-state index contributed by atoms with van der Waals surface area (Å²) in [6.07, 6.45) is 3.65. The molecule has 0 atom stereocenters. The van der Waals surface area contributed by atoms with Crippen molar-refractivity contribution < 1.29 is 9.15 Å². The summed E-state index contributed by atoms with van der Waals surface area (Å²) in [6.45, 7) is 4.63. The summed E-state index contributed by atoms with van der Waals surface area (Å²) in [6, 6.07) is 6.09. The van der Waals surface area contributed by atoms with E-state index in [1.165, 1.54) is 5.56 Å². The van der Waals surface area contributed by atoms with Crippen LogP contribution in [0.3, 0.4) is 0 Å². The molecule has 0 fully saturated rings. The molecule has 0 radical (unpaired) electrons. The molecular weight excluding hydrogens is 332 g/mol. The minimum atomic E-state index is 0.741. The Hall–Kier alpha value is -1.17. The SMILES string of the molecule is COCCNCCCc1ncc(-c2cccc(Br)c2C)o1. The fourth-order valence-corrected chi connectivity index (χ4v) is 2.45. The van der Waals surface area contributed by atoms with Crippen LogP contribution in [0.15, 0.2) is 33.3 Å². The van der Waals surface area contributed by atoms with E-state index in [2.05, 4.69) is 39.2 Å². The van der Waals surface area contributed by atoms with E-state index in [1.54, 1.807) is 7.11 Å². The standard InChI is InChI=1S/C16H21BrN2O2/c1-12-13(5-3-6-14(12)17)15-11-19-16(21-15)7-4-8-18-9-10-20-2/h3,5-6,11,18H,4,7-10H2,1-2H3. The number of halogens is 1. The number of hydrogen-bond acceptors (Lipinski definition) is 4. The van der Waals surface area contributed by atoms with Gasteiger partial charge >= 0.3 is 0 Å². The van der Waals surface area contributed by atoms with Crippen molar-refractivity contribution in [3.8, 4) is 11.3 Å². The summed E-state index contributed by atoms with van der Waals surface area (Å²) in [5, 5.41) is 3.31. The van der Waals surface area contributed by atoms with Crippen LogP contribution in [0, 0.1) is 6.92 Å². The number of methoxy groups -OCH3 is 1. The largest absolute Gasteiger partial charge is 0.441 e. The van der Waals surface area contributed by atoms with E-state index >= 15 is 0 Å². The normalized spacial score (nSPS) is 11.0. The predicted octanol–water partition coefficient (Wildman–Crippen LogP) is 3.58. The zero-order chi connectivity index (χ0) is 15.1. The molecule has 0 spiro atoms. The minimum Gasteiger partial charge on any atom is -0.441 e. The van der Waals surface area contributed by atoms with Crippen molar-refractivity contribution in [1.29, 1.82) is 0 Å². The van der Waals surface area contributed by atoms with Gasteiger partial charge in [-0.1, -0.05) is 28.1 Å². The highest BCUT2D eigenvalue weighted by molar-refractivity contribution is 9.10. The lowest BCUT2D eigenvalue weighted by Crippen LogP contribution is -2.20. The average Bonchev–Trinajstić information content (AvgIpc) is 2.94. The first kappa shape index (κ1) is 16.2. The Morgan fingerprint density at radius 3 is 3.00 bits per heavy atom. The molecule has 4 nitrogen and oxygen atoms in total. The molecule has 2 rings (SSSR count). The van der Waals surface area contributed by atoms with E-state index in [1.807, 2.05) is 18.3 Å². The van der Waals surface area contributed by atoms with Crippen molar-refractivity contribution in [3.05, 3.63) is 40.3 Å². The van der Waals surface area contributed by atoms with E-state index in [0.29, 0.717) is 0 Å². The highest BCUT2D eigenvalue weighted by atomic mass is 79.9. The van der Waals surface area contributed by atoms with Gasteiger partial charge in [0.25, 0.3) is 0 Å². The van der Waals surface area contributed by atoms with Crippen molar-refractivity contribution in [2.75, 3.05) is 26.8 Å². The third kappa shape index (κ3) is 4.66. The Morgan fingerprint density at radius 1 is 1.33 bits per heavy atom. The van der Waals surface area contributed by atoms with Crippen LogP contribution < -0.4 is 5.32 Å². The lowest BCUT2D eigenvalue weighted by atomic mass is 10.1. The van der Waals surface area contributed by atoms with Crippen molar-refractivity contribution in [2.24, 2.45) is 0 Å². The summed E-state index contributed by atoms with van der Waals surface area (Å²) in [5.74, 6) is 1.62. The van der Waals surface area contributed by atoms with Gasteiger partial charge in [0, 0.05) is 30.1 Å². The van der Waals surface area contributed by atoms with Crippen molar-refractivity contribution in [1.82, 2.24) is 10.3 Å². The fraction of sp³-hybridized carbons (Fsp3) is 0.438.